The fourth-order valence-electron chi connectivity index (χ4n) is 3.60. The first-order valence-corrected chi connectivity index (χ1v) is 12.1. The van der Waals surface area contributed by atoms with Crippen molar-refractivity contribution in [2.75, 3.05) is 11.1 Å². The molecule has 4 nitrogen and oxygen atoms in total. The molecule has 0 aliphatic heterocycles. The summed E-state index contributed by atoms with van der Waals surface area (Å²) in [5.41, 5.74) is 3.48. The number of nitriles is 1. The number of hydrogen-bond donors (Lipinski definition) is 1. The van der Waals surface area contributed by atoms with Gasteiger partial charge in [-0.2, -0.15) is 5.26 Å². The second-order valence-electron chi connectivity index (χ2n) is 7.76. The Morgan fingerprint density at radius 2 is 1.80 bits per heavy atom. The van der Waals surface area contributed by atoms with E-state index in [1.807, 2.05) is 36.4 Å². The Morgan fingerprint density at radius 3 is 2.54 bits per heavy atom. The molecule has 6 heteroatoms. The molecule has 0 radical (unpaired) electrons. The molecule has 174 valence electrons. The first-order valence-electron chi connectivity index (χ1n) is 11.1. The standard InChI is InChI=1S/C29H23FN2O2S/c1-2-35-26-12-9-20(10-13-26)16-29(33)32-24-11-14-27(22-6-3-5-21(15-22)19-31)28(18-24)34-25-8-4-7-23(30)17-25/h3-15,17-18H,2,16H2,1H3,(H,32,33). The lowest BCUT2D eigenvalue weighted by molar-refractivity contribution is -0.115. The van der Waals surface area contributed by atoms with Crippen LogP contribution in [-0.2, 0) is 11.2 Å². The van der Waals surface area contributed by atoms with Gasteiger partial charge in [0.15, 0.2) is 0 Å². The fraction of sp³-hybridized carbons (Fsp3) is 0.103. The highest BCUT2D eigenvalue weighted by Gasteiger charge is 2.12. The molecule has 1 N–H and O–H groups in total. The molecule has 35 heavy (non-hydrogen) atoms. The number of carbonyl (C=O) groups is 1. The van der Waals surface area contributed by atoms with Gasteiger partial charge in [0.1, 0.15) is 17.3 Å². The maximum Gasteiger partial charge on any atom is 0.228 e. The summed E-state index contributed by atoms with van der Waals surface area (Å²) in [6.07, 6.45) is 0.239. The minimum Gasteiger partial charge on any atom is -0.457 e. The third kappa shape index (κ3) is 6.50. The Hall–Kier alpha value is -4.08. The van der Waals surface area contributed by atoms with Crippen LogP contribution < -0.4 is 10.1 Å². The molecule has 1 amide bonds. The molecule has 0 saturated carbocycles. The monoisotopic (exact) mass is 482 g/mol. The van der Waals surface area contributed by atoms with E-state index < -0.39 is 5.82 Å². The largest absolute Gasteiger partial charge is 0.457 e. The molecule has 4 rings (SSSR count). The number of ether oxygens (including phenoxy) is 1. The third-order valence-corrected chi connectivity index (χ3v) is 6.09. The highest BCUT2D eigenvalue weighted by atomic mass is 32.2. The van der Waals surface area contributed by atoms with Crippen LogP contribution in [0.15, 0.2) is 95.9 Å². The van der Waals surface area contributed by atoms with Crippen molar-refractivity contribution in [3.05, 3.63) is 108 Å². The highest BCUT2D eigenvalue weighted by Crippen LogP contribution is 2.36. The Balaban J connectivity index is 1.59. The SMILES string of the molecule is CCSc1ccc(CC(=O)Nc2ccc(-c3cccc(C#N)c3)c(Oc3cccc(F)c3)c2)cc1. The van der Waals surface area contributed by atoms with Crippen molar-refractivity contribution in [2.24, 2.45) is 0 Å². The van der Waals surface area contributed by atoms with E-state index in [1.165, 1.54) is 17.0 Å². The molecule has 0 aliphatic rings. The van der Waals surface area contributed by atoms with Gasteiger partial charge in [0.2, 0.25) is 5.91 Å². The molecule has 0 spiro atoms. The minimum atomic E-state index is -0.414. The molecule has 4 aromatic carbocycles. The van der Waals surface area contributed by atoms with Gasteiger partial charge >= 0.3 is 0 Å². The smallest absolute Gasteiger partial charge is 0.228 e. The van der Waals surface area contributed by atoms with E-state index >= 15 is 0 Å². The number of nitrogens with one attached hydrogen (secondary N) is 1. The summed E-state index contributed by atoms with van der Waals surface area (Å²) in [7, 11) is 0. The molecule has 0 fully saturated rings. The number of hydrogen-bond acceptors (Lipinski definition) is 4. The molecule has 0 saturated heterocycles. The fourth-order valence-corrected chi connectivity index (χ4v) is 4.26. The van der Waals surface area contributed by atoms with Crippen LogP contribution in [0.25, 0.3) is 11.1 Å². The van der Waals surface area contributed by atoms with Crippen molar-refractivity contribution in [1.29, 1.82) is 5.26 Å². The number of anilines is 1. The topological polar surface area (TPSA) is 62.1 Å². The number of amides is 1. The summed E-state index contributed by atoms with van der Waals surface area (Å²) in [6, 6.07) is 28.4. The Kier molecular flexibility index (Phi) is 7.81. The number of rotatable bonds is 8. The predicted molar refractivity (Wildman–Crippen MR) is 138 cm³/mol. The summed E-state index contributed by atoms with van der Waals surface area (Å²) in [4.78, 5) is 13.9. The van der Waals surface area contributed by atoms with E-state index in [-0.39, 0.29) is 12.3 Å². The summed E-state index contributed by atoms with van der Waals surface area (Å²) >= 11 is 1.75. The van der Waals surface area contributed by atoms with Gasteiger partial charge in [-0.15, -0.1) is 11.8 Å². The lowest BCUT2D eigenvalue weighted by Gasteiger charge is -2.14. The quantitative estimate of drug-likeness (QED) is 0.265. The number of thioether (sulfide) groups is 1. The van der Waals surface area contributed by atoms with Gasteiger partial charge in [0, 0.05) is 28.3 Å². The third-order valence-electron chi connectivity index (χ3n) is 5.19. The summed E-state index contributed by atoms with van der Waals surface area (Å²) in [5, 5.41) is 12.2. The summed E-state index contributed by atoms with van der Waals surface area (Å²) in [5.74, 6) is 1.19. The van der Waals surface area contributed by atoms with Crippen LogP contribution in [0.5, 0.6) is 11.5 Å². The molecular weight excluding hydrogens is 459 g/mol. The van der Waals surface area contributed by atoms with Crippen molar-refractivity contribution in [1.82, 2.24) is 0 Å². The van der Waals surface area contributed by atoms with E-state index in [0.29, 0.717) is 28.3 Å². The molecule has 0 unspecified atom stereocenters. The zero-order valence-corrected chi connectivity index (χ0v) is 19.9. The number of nitrogens with zero attached hydrogens (tertiary/aromatic N) is 1. The zero-order valence-electron chi connectivity index (χ0n) is 19.1. The van der Waals surface area contributed by atoms with Crippen LogP contribution in [0.4, 0.5) is 10.1 Å². The van der Waals surface area contributed by atoms with Crippen molar-refractivity contribution in [3.8, 4) is 28.7 Å². The molecule has 0 aliphatic carbocycles. The maximum absolute atomic E-state index is 13.7. The Labute approximate surface area is 208 Å². The van der Waals surface area contributed by atoms with Gasteiger partial charge in [-0.25, -0.2) is 4.39 Å². The molecule has 0 heterocycles. The van der Waals surface area contributed by atoms with Gasteiger partial charge in [0.05, 0.1) is 18.1 Å². The van der Waals surface area contributed by atoms with Crippen molar-refractivity contribution in [2.45, 2.75) is 18.2 Å². The van der Waals surface area contributed by atoms with E-state index in [2.05, 4.69) is 18.3 Å². The molecular formula is C29H23FN2O2S. The minimum absolute atomic E-state index is 0.156. The van der Waals surface area contributed by atoms with E-state index in [9.17, 15) is 14.4 Å². The second-order valence-corrected chi connectivity index (χ2v) is 9.10. The van der Waals surface area contributed by atoms with Gasteiger partial charge in [-0.3, -0.25) is 4.79 Å². The predicted octanol–water partition coefficient (Wildman–Crippen LogP) is 7.45. The second kappa shape index (κ2) is 11.4. The first kappa shape index (κ1) is 24.1. The number of carbonyl (C=O) groups excluding carboxylic acids is 1. The van der Waals surface area contributed by atoms with E-state index in [0.717, 1.165) is 16.9 Å². The summed E-state index contributed by atoms with van der Waals surface area (Å²) < 4.78 is 19.8. The Bertz CT molecular complexity index is 1380. The van der Waals surface area contributed by atoms with Crippen molar-refractivity contribution in [3.63, 3.8) is 0 Å². The van der Waals surface area contributed by atoms with Gasteiger partial charge in [0.25, 0.3) is 0 Å². The molecule has 0 bridgehead atoms. The maximum atomic E-state index is 13.7. The normalized spacial score (nSPS) is 10.4. The number of benzene rings is 4. The van der Waals surface area contributed by atoms with Crippen LogP contribution in [0, 0.1) is 17.1 Å². The molecule has 0 aromatic heterocycles. The van der Waals surface area contributed by atoms with E-state index in [1.54, 1.807) is 54.2 Å². The number of halogens is 1. The van der Waals surface area contributed by atoms with Crippen molar-refractivity contribution < 1.29 is 13.9 Å². The first-order chi connectivity index (χ1) is 17.0. The Morgan fingerprint density at radius 1 is 1.00 bits per heavy atom. The van der Waals surface area contributed by atoms with Crippen LogP contribution in [-0.4, -0.2) is 11.7 Å². The van der Waals surface area contributed by atoms with Crippen molar-refractivity contribution >= 4 is 23.4 Å². The lowest BCUT2D eigenvalue weighted by atomic mass is 10.0. The highest BCUT2D eigenvalue weighted by molar-refractivity contribution is 7.99. The van der Waals surface area contributed by atoms with Gasteiger partial charge in [-0.05, 0) is 65.4 Å². The lowest BCUT2D eigenvalue weighted by Crippen LogP contribution is -2.14. The van der Waals surface area contributed by atoms with Crippen LogP contribution >= 0.6 is 11.8 Å². The van der Waals surface area contributed by atoms with E-state index in [4.69, 9.17) is 4.74 Å². The zero-order chi connectivity index (χ0) is 24.6. The van der Waals surface area contributed by atoms with Crippen LogP contribution in [0.2, 0.25) is 0 Å². The average Bonchev–Trinajstić information content (AvgIpc) is 2.85. The van der Waals surface area contributed by atoms with Gasteiger partial charge in [-0.1, -0.05) is 37.3 Å². The average molecular weight is 483 g/mol. The van der Waals surface area contributed by atoms with Crippen LogP contribution in [0.3, 0.4) is 0 Å². The van der Waals surface area contributed by atoms with Gasteiger partial charge < -0.3 is 10.1 Å². The molecule has 4 aromatic rings. The van der Waals surface area contributed by atoms with Crippen LogP contribution in [0.1, 0.15) is 18.1 Å². The molecule has 0 atom stereocenters. The summed E-state index contributed by atoms with van der Waals surface area (Å²) in [6.45, 7) is 2.10.